The van der Waals surface area contributed by atoms with Crippen LogP contribution in [-0.2, 0) is 4.74 Å². The van der Waals surface area contributed by atoms with Crippen molar-refractivity contribution < 1.29 is 19.7 Å². The van der Waals surface area contributed by atoms with Gasteiger partial charge in [-0.05, 0) is 33.8 Å². The number of nitrogens with zero attached hydrogens (tertiary/aromatic N) is 2. The van der Waals surface area contributed by atoms with Crippen molar-refractivity contribution in [2.75, 3.05) is 13.2 Å². The lowest BCUT2D eigenvalue weighted by molar-refractivity contribution is -0.107. The minimum absolute atomic E-state index is 0.0805. The third-order valence-corrected chi connectivity index (χ3v) is 3.94. The van der Waals surface area contributed by atoms with Crippen molar-refractivity contribution in [2.24, 2.45) is 0 Å². The largest absolute Gasteiger partial charge is 0.473 e. The van der Waals surface area contributed by atoms with E-state index in [-0.39, 0.29) is 6.10 Å². The summed E-state index contributed by atoms with van der Waals surface area (Å²) in [5.41, 5.74) is -1.16. The zero-order valence-electron chi connectivity index (χ0n) is 14.7. The lowest BCUT2D eigenvalue weighted by Crippen LogP contribution is -2.44. The topological polar surface area (TPSA) is 95.6 Å². The van der Waals surface area contributed by atoms with Gasteiger partial charge in [0.25, 0.3) is 0 Å². The van der Waals surface area contributed by atoms with E-state index in [1.165, 1.54) is 6.20 Å². The monoisotopic (exact) mass is 332 g/mol. The van der Waals surface area contributed by atoms with Crippen LogP contribution in [0.1, 0.15) is 46.1 Å². The Hall–Kier alpha value is -1.62. The Morgan fingerprint density at radius 3 is 2.25 bits per heavy atom. The van der Waals surface area contributed by atoms with Gasteiger partial charge in [-0.1, -0.05) is 5.46 Å². The van der Waals surface area contributed by atoms with Crippen molar-refractivity contribution in [3.8, 4) is 11.9 Å². The van der Waals surface area contributed by atoms with Gasteiger partial charge in [-0.25, -0.2) is 4.98 Å². The van der Waals surface area contributed by atoms with E-state index >= 15 is 0 Å². The van der Waals surface area contributed by atoms with Crippen LogP contribution in [0, 0.1) is 11.3 Å². The Morgan fingerprint density at radius 2 is 1.79 bits per heavy atom. The average Bonchev–Trinajstić information content (AvgIpc) is 2.49. The fourth-order valence-corrected chi connectivity index (χ4v) is 1.59. The highest BCUT2D eigenvalue weighted by Gasteiger charge is 2.31. The Labute approximate surface area is 144 Å². The van der Waals surface area contributed by atoms with Gasteiger partial charge in [-0.2, -0.15) is 5.26 Å². The van der Waals surface area contributed by atoms with Crippen LogP contribution in [0.5, 0.6) is 5.88 Å². The summed E-state index contributed by atoms with van der Waals surface area (Å²) < 4.78 is 10.9. The molecule has 6 nitrogen and oxygen atoms in total. The molecule has 0 aliphatic carbocycles. The number of nitriles is 1. The number of pyridine rings is 1. The van der Waals surface area contributed by atoms with Crippen molar-refractivity contribution in [1.29, 1.82) is 5.26 Å². The smallest absolute Gasteiger partial charge is 0.231 e. The van der Waals surface area contributed by atoms with Crippen molar-refractivity contribution in [1.82, 2.24) is 4.98 Å². The molecule has 0 aromatic carbocycles. The van der Waals surface area contributed by atoms with Gasteiger partial charge >= 0.3 is 0 Å². The van der Waals surface area contributed by atoms with Crippen LogP contribution < -0.4 is 10.2 Å². The van der Waals surface area contributed by atoms with Gasteiger partial charge in [-0.15, -0.1) is 0 Å². The summed E-state index contributed by atoms with van der Waals surface area (Å²) in [7, 11) is 5.55. The number of hydrogen-bond donors (Lipinski definition) is 2. The van der Waals surface area contributed by atoms with E-state index < -0.39 is 11.2 Å². The fourth-order valence-electron chi connectivity index (χ4n) is 1.59. The summed E-state index contributed by atoms with van der Waals surface area (Å²) in [6.45, 7) is 7.70. The number of rotatable bonds is 3. The molecule has 1 aromatic heterocycles. The van der Waals surface area contributed by atoms with Gasteiger partial charge in [0.2, 0.25) is 5.88 Å². The Bertz CT molecular complexity index is 555. The molecular formula is C17H25BN2O4. The molecule has 1 saturated heterocycles. The van der Waals surface area contributed by atoms with Crippen molar-refractivity contribution in [2.45, 2.75) is 57.8 Å². The van der Waals surface area contributed by atoms with E-state index in [0.717, 1.165) is 12.8 Å². The minimum Gasteiger partial charge on any atom is -0.473 e. The highest BCUT2D eigenvalue weighted by atomic mass is 16.5. The molecule has 0 amide bonds. The molecule has 1 fully saturated rings. The number of aliphatic hydroxyl groups is 2. The SMILES string of the molecule is CC(C)(O)C(C)(C)O.[B]c1cnc(OC2CCOCC2)c(C#N)c1. The summed E-state index contributed by atoms with van der Waals surface area (Å²) >= 11 is 0. The van der Waals surface area contributed by atoms with Gasteiger partial charge in [0, 0.05) is 19.0 Å². The fraction of sp³-hybridized carbons (Fsp3) is 0.647. The summed E-state index contributed by atoms with van der Waals surface area (Å²) in [5.74, 6) is 0.364. The quantitative estimate of drug-likeness (QED) is 0.796. The van der Waals surface area contributed by atoms with E-state index in [0.29, 0.717) is 30.1 Å². The first-order valence-electron chi connectivity index (χ1n) is 7.89. The van der Waals surface area contributed by atoms with Crippen LogP contribution in [0.4, 0.5) is 0 Å². The molecule has 24 heavy (non-hydrogen) atoms. The van der Waals surface area contributed by atoms with Gasteiger partial charge in [0.05, 0.1) is 24.4 Å². The third-order valence-electron chi connectivity index (χ3n) is 3.94. The molecule has 2 heterocycles. The number of ether oxygens (including phenoxy) is 2. The molecule has 1 aliphatic rings. The Balaban J connectivity index is 0.000000307. The second kappa shape index (κ2) is 8.47. The normalized spacial score (nSPS) is 15.9. The summed E-state index contributed by atoms with van der Waals surface area (Å²) in [4.78, 5) is 4.03. The zero-order valence-corrected chi connectivity index (χ0v) is 14.7. The molecule has 130 valence electrons. The van der Waals surface area contributed by atoms with Crippen molar-refractivity contribution in [3.63, 3.8) is 0 Å². The van der Waals surface area contributed by atoms with Crippen LogP contribution in [0.15, 0.2) is 12.3 Å². The van der Waals surface area contributed by atoms with Gasteiger partial charge in [-0.3, -0.25) is 0 Å². The first-order chi connectivity index (χ1) is 11.0. The van der Waals surface area contributed by atoms with Crippen LogP contribution in [0.2, 0.25) is 0 Å². The molecule has 2 N–H and O–H groups in total. The predicted molar refractivity (Wildman–Crippen MR) is 91.4 cm³/mol. The molecule has 2 rings (SSSR count). The molecule has 2 radical (unpaired) electrons. The maximum absolute atomic E-state index is 9.10. The minimum atomic E-state index is -1.01. The molecule has 0 atom stereocenters. The van der Waals surface area contributed by atoms with Crippen molar-refractivity contribution >= 4 is 13.3 Å². The van der Waals surface area contributed by atoms with Crippen LogP contribution in [0.25, 0.3) is 0 Å². The van der Waals surface area contributed by atoms with E-state index in [2.05, 4.69) is 4.98 Å². The maximum atomic E-state index is 9.10. The maximum Gasteiger partial charge on any atom is 0.231 e. The second-order valence-corrected chi connectivity index (χ2v) is 6.78. The molecular weight excluding hydrogens is 307 g/mol. The summed E-state index contributed by atoms with van der Waals surface area (Å²) in [6.07, 6.45) is 3.24. The average molecular weight is 332 g/mol. The molecule has 0 bridgehead atoms. The highest BCUT2D eigenvalue weighted by molar-refractivity contribution is 6.32. The van der Waals surface area contributed by atoms with Crippen LogP contribution in [0.3, 0.4) is 0 Å². The second-order valence-electron chi connectivity index (χ2n) is 6.78. The zero-order chi connectivity index (χ0) is 18.4. The van der Waals surface area contributed by atoms with E-state index in [4.69, 9.17) is 32.8 Å². The predicted octanol–water partition coefficient (Wildman–Crippen LogP) is 0.833. The Morgan fingerprint density at radius 1 is 1.25 bits per heavy atom. The highest BCUT2D eigenvalue weighted by Crippen LogP contribution is 2.19. The van der Waals surface area contributed by atoms with Gasteiger partial charge in [0.1, 0.15) is 25.6 Å². The summed E-state index contributed by atoms with van der Waals surface area (Å²) in [5, 5.41) is 27.1. The first kappa shape index (κ1) is 20.4. The van der Waals surface area contributed by atoms with Gasteiger partial charge in [0.15, 0.2) is 0 Å². The molecule has 1 aliphatic heterocycles. The van der Waals surface area contributed by atoms with Gasteiger partial charge < -0.3 is 19.7 Å². The van der Waals surface area contributed by atoms with Crippen LogP contribution >= 0.6 is 0 Å². The van der Waals surface area contributed by atoms with E-state index in [1.54, 1.807) is 33.8 Å². The van der Waals surface area contributed by atoms with E-state index in [9.17, 15) is 0 Å². The molecule has 1 aromatic rings. The lowest BCUT2D eigenvalue weighted by atomic mass is 9.90. The number of aromatic nitrogens is 1. The number of hydrogen-bond acceptors (Lipinski definition) is 6. The molecule has 0 unspecified atom stereocenters. The third kappa shape index (κ3) is 6.48. The summed E-state index contributed by atoms with van der Waals surface area (Å²) in [6, 6.07) is 3.60. The Kier molecular flexibility index (Phi) is 7.21. The molecule has 0 saturated carbocycles. The molecule has 7 heteroatoms. The van der Waals surface area contributed by atoms with Crippen molar-refractivity contribution in [3.05, 3.63) is 17.8 Å². The first-order valence-corrected chi connectivity index (χ1v) is 7.89. The van der Waals surface area contributed by atoms with E-state index in [1.807, 2.05) is 6.07 Å². The lowest BCUT2D eigenvalue weighted by Gasteiger charge is -2.31. The van der Waals surface area contributed by atoms with Crippen LogP contribution in [-0.4, -0.2) is 53.6 Å². The molecule has 0 spiro atoms. The standard InChI is InChI=1S/C11H11BN2O2.C6H14O2/c12-9-5-8(6-13)11(14-7-9)16-10-1-3-15-4-2-10;1-5(2,7)6(3,4)8/h5,7,10H,1-4H2;7-8H,1-4H3.